The minimum Gasteiger partial charge on any atom is -0.341 e. The third-order valence-corrected chi connectivity index (χ3v) is 3.85. The molecule has 0 saturated carbocycles. The highest BCUT2D eigenvalue weighted by atomic mass is 79.9. The Balaban J connectivity index is 1.93. The van der Waals surface area contributed by atoms with E-state index in [1.807, 2.05) is 6.07 Å². The van der Waals surface area contributed by atoms with E-state index in [2.05, 4.69) is 43.3 Å². The molecule has 1 unspecified atom stereocenters. The molecule has 1 fully saturated rings. The van der Waals surface area contributed by atoms with Crippen molar-refractivity contribution in [3.05, 3.63) is 28.5 Å². The van der Waals surface area contributed by atoms with Gasteiger partial charge in [-0.3, -0.25) is 0 Å². The van der Waals surface area contributed by atoms with Gasteiger partial charge in [0, 0.05) is 4.47 Å². The van der Waals surface area contributed by atoms with Crippen LogP contribution in [0.25, 0.3) is 11.0 Å². The number of hydrogen-bond donors (Lipinski definition) is 2. The van der Waals surface area contributed by atoms with Crippen LogP contribution < -0.4 is 5.32 Å². The molecule has 0 amide bonds. The average Bonchev–Trinajstić information content (AvgIpc) is 2.57. The van der Waals surface area contributed by atoms with Crippen molar-refractivity contribution in [2.75, 3.05) is 6.54 Å². The Morgan fingerprint density at radius 1 is 1.24 bits per heavy atom. The van der Waals surface area contributed by atoms with E-state index in [1.54, 1.807) is 0 Å². The number of rotatable bonds is 1. The van der Waals surface area contributed by atoms with Gasteiger partial charge in [-0.15, -0.1) is 0 Å². The molecule has 2 aromatic rings. The van der Waals surface area contributed by atoms with Gasteiger partial charge in [0.05, 0.1) is 17.1 Å². The highest BCUT2D eigenvalue weighted by Gasteiger charge is 2.16. The van der Waals surface area contributed by atoms with Crippen LogP contribution in [0.1, 0.15) is 37.5 Å². The molecule has 1 aliphatic rings. The molecular formula is C13H16BrN3. The molecule has 1 aliphatic heterocycles. The van der Waals surface area contributed by atoms with Crippen LogP contribution in [0.2, 0.25) is 0 Å². The van der Waals surface area contributed by atoms with Gasteiger partial charge in [0.1, 0.15) is 5.82 Å². The van der Waals surface area contributed by atoms with E-state index in [0.717, 1.165) is 27.9 Å². The Bertz CT molecular complexity index is 512. The lowest BCUT2D eigenvalue weighted by atomic mass is 10.1. The molecular weight excluding hydrogens is 278 g/mol. The van der Waals surface area contributed by atoms with Crippen LogP contribution in [0.4, 0.5) is 0 Å². The van der Waals surface area contributed by atoms with Gasteiger partial charge in [0.15, 0.2) is 0 Å². The van der Waals surface area contributed by atoms with Crippen molar-refractivity contribution in [3.63, 3.8) is 0 Å². The summed E-state index contributed by atoms with van der Waals surface area (Å²) in [5.41, 5.74) is 2.16. The molecule has 0 bridgehead atoms. The topological polar surface area (TPSA) is 40.7 Å². The summed E-state index contributed by atoms with van der Waals surface area (Å²) in [7, 11) is 0. The van der Waals surface area contributed by atoms with Crippen LogP contribution in [-0.2, 0) is 0 Å². The van der Waals surface area contributed by atoms with Crippen molar-refractivity contribution < 1.29 is 0 Å². The SMILES string of the molecule is Brc1ccc2nc(C3CCCCCN3)[nH]c2c1. The second-order valence-electron chi connectivity index (χ2n) is 4.64. The number of benzene rings is 1. The molecule has 4 heteroatoms. The molecule has 2 N–H and O–H groups in total. The van der Waals surface area contributed by atoms with Crippen molar-refractivity contribution >= 4 is 27.0 Å². The van der Waals surface area contributed by atoms with E-state index in [9.17, 15) is 0 Å². The average molecular weight is 294 g/mol. The summed E-state index contributed by atoms with van der Waals surface area (Å²) < 4.78 is 1.09. The molecule has 2 heterocycles. The number of hydrogen-bond acceptors (Lipinski definition) is 2. The number of nitrogens with zero attached hydrogens (tertiary/aromatic N) is 1. The lowest BCUT2D eigenvalue weighted by Gasteiger charge is -2.12. The Morgan fingerprint density at radius 2 is 2.18 bits per heavy atom. The maximum Gasteiger partial charge on any atom is 0.124 e. The van der Waals surface area contributed by atoms with Crippen molar-refractivity contribution in [1.82, 2.24) is 15.3 Å². The van der Waals surface area contributed by atoms with E-state index in [-0.39, 0.29) is 0 Å². The Kier molecular flexibility index (Phi) is 3.16. The van der Waals surface area contributed by atoms with Crippen LogP contribution in [-0.4, -0.2) is 16.5 Å². The zero-order chi connectivity index (χ0) is 11.7. The molecule has 1 aromatic heterocycles. The van der Waals surface area contributed by atoms with E-state index >= 15 is 0 Å². The third kappa shape index (κ3) is 2.38. The zero-order valence-corrected chi connectivity index (χ0v) is 11.3. The molecule has 0 spiro atoms. The van der Waals surface area contributed by atoms with Gasteiger partial charge in [-0.1, -0.05) is 28.8 Å². The highest BCUT2D eigenvalue weighted by molar-refractivity contribution is 9.10. The molecule has 3 nitrogen and oxygen atoms in total. The lowest BCUT2D eigenvalue weighted by molar-refractivity contribution is 0.513. The first-order chi connectivity index (χ1) is 8.33. The summed E-state index contributed by atoms with van der Waals surface area (Å²) in [6.45, 7) is 1.10. The molecule has 17 heavy (non-hydrogen) atoms. The number of halogens is 1. The maximum atomic E-state index is 4.68. The summed E-state index contributed by atoms with van der Waals surface area (Å²) in [6, 6.07) is 6.57. The number of imidazole rings is 1. The third-order valence-electron chi connectivity index (χ3n) is 3.35. The minimum absolute atomic E-state index is 0.392. The van der Waals surface area contributed by atoms with Gasteiger partial charge in [0.2, 0.25) is 0 Å². The Labute approximate surface area is 109 Å². The van der Waals surface area contributed by atoms with Crippen molar-refractivity contribution in [2.45, 2.75) is 31.7 Å². The van der Waals surface area contributed by atoms with Gasteiger partial charge >= 0.3 is 0 Å². The van der Waals surface area contributed by atoms with Gasteiger partial charge in [-0.05, 0) is 37.6 Å². The van der Waals surface area contributed by atoms with E-state index in [4.69, 9.17) is 0 Å². The van der Waals surface area contributed by atoms with Crippen molar-refractivity contribution in [1.29, 1.82) is 0 Å². The van der Waals surface area contributed by atoms with Crippen molar-refractivity contribution in [2.24, 2.45) is 0 Å². The standard InChI is InChI=1S/C13H16BrN3/c14-9-5-6-10-12(8-9)17-13(16-10)11-4-2-1-3-7-15-11/h5-6,8,11,15H,1-4,7H2,(H,16,17). The normalized spacial score (nSPS) is 21.6. The van der Waals surface area contributed by atoms with Crippen LogP contribution in [0.3, 0.4) is 0 Å². The fraction of sp³-hybridized carbons (Fsp3) is 0.462. The number of H-pyrrole nitrogens is 1. The first kappa shape index (κ1) is 11.2. The number of aromatic nitrogens is 2. The second-order valence-corrected chi connectivity index (χ2v) is 5.56. The Hall–Kier alpha value is -0.870. The predicted molar refractivity (Wildman–Crippen MR) is 73.0 cm³/mol. The van der Waals surface area contributed by atoms with Gasteiger partial charge in [-0.2, -0.15) is 0 Å². The predicted octanol–water partition coefficient (Wildman–Crippen LogP) is 3.53. The number of aromatic amines is 1. The zero-order valence-electron chi connectivity index (χ0n) is 9.67. The summed E-state index contributed by atoms with van der Waals surface area (Å²) in [5.74, 6) is 1.08. The van der Waals surface area contributed by atoms with Crippen molar-refractivity contribution in [3.8, 4) is 0 Å². The number of fused-ring (bicyclic) bond motifs is 1. The Morgan fingerprint density at radius 3 is 3.12 bits per heavy atom. The summed E-state index contributed by atoms with van der Waals surface area (Å²) >= 11 is 3.49. The molecule has 1 aromatic carbocycles. The van der Waals surface area contributed by atoms with Crippen LogP contribution >= 0.6 is 15.9 Å². The summed E-state index contributed by atoms with van der Waals surface area (Å²) in [6.07, 6.45) is 5.08. The molecule has 1 saturated heterocycles. The number of nitrogens with one attached hydrogen (secondary N) is 2. The highest BCUT2D eigenvalue weighted by Crippen LogP contribution is 2.24. The fourth-order valence-electron chi connectivity index (χ4n) is 2.43. The first-order valence-corrected chi connectivity index (χ1v) is 7.01. The van der Waals surface area contributed by atoms with Gasteiger partial charge < -0.3 is 10.3 Å². The maximum absolute atomic E-state index is 4.68. The molecule has 0 aliphatic carbocycles. The molecule has 3 rings (SSSR count). The summed E-state index contributed by atoms with van der Waals surface area (Å²) in [5, 5.41) is 3.57. The van der Waals surface area contributed by atoms with E-state index in [1.165, 1.54) is 25.7 Å². The molecule has 90 valence electrons. The van der Waals surface area contributed by atoms with Crippen LogP contribution in [0.5, 0.6) is 0 Å². The van der Waals surface area contributed by atoms with Crippen LogP contribution in [0.15, 0.2) is 22.7 Å². The summed E-state index contributed by atoms with van der Waals surface area (Å²) in [4.78, 5) is 8.11. The van der Waals surface area contributed by atoms with Crippen LogP contribution in [0, 0.1) is 0 Å². The van der Waals surface area contributed by atoms with Gasteiger partial charge in [-0.25, -0.2) is 4.98 Å². The fourth-order valence-corrected chi connectivity index (χ4v) is 2.79. The first-order valence-electron chi connectivity index (χ1n) is 6.21. The lowest BCUT2D eigenvalue weighted by Crippen LogP contribution is -2.21. The second kappa shape index (κ2) is 4.78. The van der Waals surface area contributed by atoms with E-state index in [0.29, 0.717) is 6.04 Å². The minimum atomic E-state index is 0.392. The quantitative estimate of drug-likeness (QED) is 0.844. The van der Waals surface area contributed by atoms with Gasteiger partial charge in [0.25, 0.3) is 0 Å². The smallest absolute Gasteiger partial charge is 0.124 e. The largest absolute Gasteiger partial charge is 0.341 e. The van der Waals surface area contributed by atoms with E-state index < -0.39 is 0 Å². The molecule has 0 radical (unpaired) electrons. The molecule has 1 atom stereocenters. The monoisotopic (exact) mass is 293 g/mol.